The van der Waals surface area contributed by atoms with E-state index in [1.807, 2.05) is 0 Å². The van der Waals surface area contributed by atoms with Gasteiger partial charge in [-0.2, -0.15) is 0 Å². The molecule has 2 N–H and O–H groups in total. The van der Waals surface area contributed by atoms with Crippen LogP contribution in [-0.4, -0.2) is 26.8 Å². The lowest BCUT2D eigenvalue weighted by atomic mass is 10.2. The minimum atomic E-state index is -0.120. The number of aliphatic imine (C=N–C) groups is 1. The number of hydrogen-bond acceptors (Lipinski definition) is 5. The Hall–Kier alpha value is -2.05. The molecule has 2 heterocycles. The molecule has 22 heavy (non-hydrogen) atoms. The summed E-state index contributed by atoms with van der Waals surface area (Å²) in [4.78, 5) is 20.3. The van der Waals surface area contributed by atoms with Gasteiger partial charge in [0.15, 0.2) is 0 Å². The SMILES string of the molecule is O=C(CSC1=Nc2cnc(Cl)cc2C1)Nc1ccc(O)cc1. The molecule has 2 aromatic rings. The van der Waals surface area contributed by atoms with Gasteiger partial charge in [-0.25, -0.2) is 9.98 Å². The number of pyridine rings is 1. The predicted molar refractivity (Wildman–Crippen MR) is 89.2 cm³/mol. The highest BCUT2D eigenvalue weighted by atomic mass is 35.5. The van der Waals surface area contributed by atoms with Gasteiger partial charge in [-0.3, -0.25) is 4.79 Å². The molecule has 1 aliphatic rings. The van der Waals surface area contributed by atoms with Crippen LogP contribution in [0, 0.1) is 0 Å². The minimum Gasteiger partial charge on any atom is -0.508 e. The third kappa shape index (κ3) is 3.58. The molecule has 0 saturated heterocycles. The van der Waals surface area contributed by atoms with E-state index in [1.165, 1.54) is 23.9 Å². The highest BCUT2D eigenvalue weighted by Crippen LogP contribution is 2.30. The second kappa shape index (κ2) is 6.37. The Kier molecular flexibility index (Phi) is 4.31. The number of fused-ring (bicyclic) bond motifs is 1. The quantitative estimate of drug-likeness (QED) is 0.667. The molecule has 112 valence electrons. The molecule has 1 aromatic heterocycles. The van der Waals surface area contributed by atoms with E-state index in [1.54, 1.807) is 24.4 Å². The lowest BCUT2D eigenvalue weighted by Crippen LogP contribution is -2.15. The zero-order valence-corrected chi connectivity index (χ0v) is 13.0. The molecule has 0 unspecified atom stereocenters. The second-order valence-electron chi connectivity index (χ2n) is 4.70. The summed E-state index contributed by atoms with van der Waals surface area (Å²) in [6.45, 7) is 0. The van der Waals surface area contributed by atoms with Crippen LogP contribution in [0.25, 0.3) is 0 Å². The first-order chi connectivity index (χ1) is 10.6. The lowest BCUT2D eigenvalue weighted by Gasteiger charge is -2.05. The molecule has 0 fully saturated rings. The van der Waals surface area contributed by atoms with Crippen LogP contribution in [0.5, 0.6) is 5.75 Å². The topological polar surface area (TPSA) is 74.6 Å². The summed E-state index contributed by atoms with van der Waals surface area (Å²) in [5, 5.41) is 13.3. The van der Waals surface area contributed by atoms with E-state index in [4.69, 9.17) is 11.6 Å². The van der Waals surface area contributed by atoms with Crippen LogP contribution in [-0.2, 0) is 11.2 Å². The maximum atomic E-state index is 11.9. The number of rotatable bonds is 3. The van der Waals surface area contributed by atoms with Gasteiger partial charge in [0.25, 0.3) is 0 Å². The number of thioether (sulfide) groups is 1. The molecule has 7 heteroatoms. The van der Waals surface area contributed by atoms with Gasteiger partial charge in [-0.15, -0.1) is 11.8 Å². The van der Waals surface area contributed by atoms with Crippen molar-refractivity contribution in [3.8, 4) is 5.75 Å². The third-order valence-electron chi connectivity index (χ3n) is 3.04. The summed E-state index contributed by atoms with van der Waals surface area (Å²) >= 11 is 7.24. The summed E-state index contributed by atoms with van der Waals surface area (Å²) < 4.78 is 0. The van der Waals surface area contributed by atoms with E-state index in [2.05, 4.69) is 15.3 Å². The number of carbonyl (C=O) groups excluding carboxylic acids is 1. The van der Waals surface area contributed by atoms with Crippen molar-refractivity contribution in [2.45, 2.75) is 6.42 Å². The Morgan fingerprint density at radius 2 is 2.14 bits per heavy atom. The average Bonchev–Trinajstić information content (AvgIpc) is 2.89. The molecule has 0 aliphatic carbocycles. The average molecular weight is 334 g/mol. The van der Waals surface area contributed by atoms with E-state index in [9.17, 15) is 9.90 Å². The smallest absolute Gasteiger partial charge is 0.234 e. The van der Waals surface area contributed by atoms with Crippen LogP contribution < -0.4 is 5.32 Å². The Bertz CT molecular complexity index is 747. The number of phenolic OH excluding ortho intramolecular Hbond substituents is 1. The van der Waals surface area contributed by atoms with Crippen molar-refractivity contribution >= 4 is 45.7 Å². The molecule has 0 radical (unpaired) electrons. The molecule has 0 bridgehead atoms. The van der Waals surface area contributed by atoms with Crippen molar-refractivity contribution < 1.29 is 9.90 Å². The van der Waals surface area contributed by atoms with Crippen LogP contribution in [0.3, 0.4) is 0 Å². The highest BCUT2D eigenvalue weighted by molar-refractivity contribution is 8.14. The van der Waals surface area contributed by atoms with E-state index >= 15 is 0 Å². The second-order valence-corrected chi connectivity index (χ2v) is 6.14. The van der Waals surface area contributed by atoms with Gasteiger partial charge in [0.1, 0.15) is 10.9 Å². The van der Waals surface area contributed by atoms with Crippen LogP contribution in [0.15, 0.2) is 41.5 Å². The van der Waals surface area contributed by atoms with Crippen LogP contribution in [0.2, 0.25) is 5.15 Å². The highest BCUT2D eigenvalue weighted by Gasteiger charge is 2.17. The van der Waals surface area contributed by atoms with Crippen molar-refractivity contribution in [3.05, 3.63) is 47.2 Å². The fourth-order valence-electron chi connectivity index (χ4n) is 2.01. The molecule has 1 aromatic carbocycles. The van der Waals surface area contributed by atoms with Gasteiger partial charge >= 0.3 is 0 Å². The molecular formula is C15H12ClN3O2S. The number of aromatic hydroxyl groups is 1. The Morgan fingerprint density at radius 3 is 2.91 bits per heavy atom. The number of nitrogens with zero attached hydrogens (tertiary/aromatic N) is 2. The Morgan fingerprint density at radius 1 is 1.36 bits per heavy atom. The van der Waals surface area contributed by atoms with Crippen molar-refractivity contribution in [1.82, 2.24) is 4.98 Å². The number of halogens is 1. The summed E-state index contributed by atoms with van der Waals surface area (Å²) in [6, 6.07) is 8.14. The maximum Gasteiger partial charge on any atom is 0.234 e. The van der Waals surface area contributed by atoms with E-state index in [-0.39, 0.29) is 17.4 Å². The summed E-state index contributed by atoms with van der Waals surface area (Å²) in [6.07, 6.45) is 2.32. The first-order valence-corrected chi connectivity index (χ1v) is 7.90. The Labute approximate surface area is 136 Å². The van der Waals surface area contributed by atoms with Gasteiger partial charge < -0.3 is 10.4 Å². The fourth-order valence-corrected chi connectivity index (χ4v) is 2.98. The van der Waals surface area contributed by atoms with Crippen molar-refractivity contribution in [2.24, 2.45) is 4.99 Å². The molecule has 0 atom stereocenters. The largest absolute Gasteiger partial charge is 0.508 e. The first-order valence-electron chi connectivity index (χ1n) is 6.54. The number of amides is 1. The number of phenols is 1. The van der Waals surface area contributed by atoms with E-state index in [0.29, 0.717) is 17.3 Å². The Balaban J connectivity index is 1.53. The molecule has 3 rings (SSSR count). The third-order valence-corrected chi connectivity index (χ3v) is 4.22. The monoisotopic (exact) mass is 333 g/mol. The van der Waals surface area contributed by atoms with Crippen molar-refractivity contribution in [3.63, 3.8) is 0 Å². The number of anilines is 1. The minimum absolute atomic E-state index is 0.120. The van der Waals surface area contributed by atoms with Gasteiger partial charge in [-0.05, 0) is 35.9 Å². The molecule has 0 spiro atoms. The van der Waals surface area contributed by atoms with Gasteiger partial charge in [0.05, 0.1) is 22.7 Å². The number of hydrogen-bond donors (Lipinski definition) is 2. The maximum absolute atomic E-state index is 11.9. The van der Waals surface area contributed by atoms with Crippen molar-refractivity contribution in [1.29, 1.82) is 0 Å². The number of nitrogens with one attached hydrogen (secondary N) is 1. The number of aromatic nitrogens is 1. The predicted octanol–water partition coefficient (Wildman–Crippen LogP) is 3.40. The first kappa shape index (κ1) is 14.9. The summed E-state index contributed by atoms with van der Waals surface area (Å²) in [5.74, 6) is 0.317. The van der Waals surface area contributed by atoms with Crippen LogP contribution in [0.4, 0.5) is 11.4 Å². The van der Waals surface area contributed by atoms with Crippen LogP contribution in [0.1, 0.15) is 5.56 Å². The zero-order chi connectivity index (χ0) is 15.5. The normalized spacial score (nSPS) is 12.7. The van der Waals surface area contributed by atoms with Crippen molar-refractivity contribution in [2.75, 3.05) is 11.1 Å². The van der Waals surface area contributed by atoms with E-state index in [0.717, 1.165) is 16.3 Å². The van der Waals surface area contributed by atoms with Gasteiger partial charge in [0.2, 0.25) is 5.91 Å². The van der Waals surface area contributed by atoms with Crippen LogP contribution >= 0.6 is 23.4 Å². The fraction of sp³-hybridized carbons (Fsp3) is 0.133. The zero-order valence-electron chi connectivity index (χ0n) is 11.4. The molecule has 5 nitrogen and oxygen atoms in total. The summed E-state index contributed by atoms with van der Waals surface area (Å²) in [7, 11) is 0. The lowest BCUT2D eigenvalue weighted by molar-refractivity contribution is -0.113. The molecular weight excluding hydrogens is 322 g/mol. The number of benzene rings is 1. The molecule has 0 saturated carbocycles. The van der Waals surface area contributed by atoms with Gasteiger partial charge in [0, 0.05) is 12.1 Å². The summed E-state index contributed by atoms with van der Waals surface area (Å²) in [5.41, 5.74) is 2.49. The standard InChI is InChI=1S/C15H12ClN3O2S/c16-13-5-9-6-15(19-12(9)7-17-13)22-8-14(21)18-10-1-3-11(20)4-2-10/h1-5,7,20H,6,8H2,(H,18,21). The molecule has 1 amide bonds. The van der Waals surface area contributed by atoms with Gasteiger partial charge in [-0.1, -0.05) is 11.6 Å². The molecule has 1 aliphatic heterocycles. The number of carbonyl (C=O) groups is 1. The van der Waals surface area contributed by atoms with E-state index < -0.39 is 0 Å².